The van der Waals surface area contributed by atoms with Gasteiger partial charge in [-0.3, -0.25) is 0 Å². The second kappa shape index (κ2) is 9.87. The van der Waals surface area contributed by atoms with Crippen LogP contribution in [0.15, 0.2) is 0 Å². The summed E-state index contributed by atoms with van der Waals surface area (Å²) in [4.78, 5) is 0. The molecule has 0 rings (SSSR count). The SMILES string of the molecule is CCCC(CC)C(C)CC(C)C(CCC)C(C)C. The van der Waals surface area contributed by atoms with Crippen LogP contribution in [0.25, 0.3) is 0 Å². The zero-order valence-electron chi connectivity index (χ0n) is 14.1. The van der Waals surface area contributed by atoms with E-state index in [0.29, 0.717) is 0 Å². The lowest BCUT2D eigenvalue weighted by atomic mass is 9.74. The van der Waals surface area contributed by atoms with Crippen LogP contribution in [0.2, 0.25) is 0 Å². The predicted molar refractivity (Wildman–Crippen MR) is 84.9 cm³/mol. The van der Waals surface area contributed by atoms with Crippen molar-refractivity contribution in [2.75, 3.05) is 0 Å². The van der Waals surface area contributed by atoms with E-state index in [4.69, 9.17) is 0 Å². The van der Waals surface area contributed by atoms with Crippen molar-refractivity contribution in [3.05, 3.63) is 0 Å². The van der Waals surface area contributed by atoms with Crippen LogP contribution in [0.3, 0.4) is 0 Å². The first kappa shape index (κ1) is 18.0. The summed E-state index contributed by atoms with van der Waals surface area (Å²) in [5.41, 5.74) is 0. The molecule has 0 aliphatic carbocycles. The highest BCUT2D eigenvalue weighted by Crippen LogP contribution is 2.34. The van der Waals surface area contributed by atoms with Crippen LogP contribution in [-0.4, -0.2) is 0 Å². The van der Waals surface area contributed by atoms with Gasteiger partial charge in [-0.25, -0.2) is 0 Å². The highest BCUT2D eigenvalue weighted by molar-refractivity contribution is 4.74. The van der Waals surface area contributed by atoms with Gasteiger partial charge in [-0.1, -0.05) is 80.6 Å². The summed E-state index contributed by atoms with van der Waals surface area (Å²) in [7, 11) is 0. The molecule has 0 aromatic rings. The van der Waals surface area contributed by atoms with E-state index in [1.807, 2.05) is 0 Å². The van der Waals surface area contributed by atoms with Crippen LogP contribution in [-0.2, 0) is 0 Å². The van der Waals surface area contributed by atoms with Crippen LogP contribution in [0.5, 0.6) is 0 Å². The molecule has 0 amide bonds. The van der Waals surface area contributed by atoms with Crippen LogP contribution in [0.1, 0.15) is 87.0 Å². The average molecular weight is 255 g/mol. The quantitative estimate of drug-likeness (QED) is 0.415. The molecule has 0 heteroatoms. The topological polar surface area (TPSA) is 0 Å². The second-order valence-electron chi connectivity index (χ2n) is 6.84. The molecule has 18 heavy (non-hydrogen) atoms. The van der Waals surface area contributed by atoms with E-state index in [0.717, 1.165) is 29.6 Å². The summed E-state index contributed by atoms with van der Waals surface area (Å²) in [5.74, 6) is 4.52. The van der Waals surface area contributed by atoms with E-state index in [1.165, 1.54) is 38.5 Å². The Bertz CT molecular complexity index is 182. The van der Waals surface area contributed by atoms with E-state index in [9.17, 15) is 0 Å². The fourth-order valence-electron chi connectivity index (χ4n) is 3.82. The zero-order chi connectivity index (χ0) is 14.1. The van der Waals surface area contributed by atoms with Crippen LogP contribution < -0.4 is 0 Å². The van der Waals surface area contributed by atoms with E-state index in [1.54, 1.807) is 0 Å². The highest BCUT2D eigenvalue weighted by Gasteiger charge is 2.24. The first-order valence-electron chi connectivity index (χ1n) is 8.47. The smallest absolute Gasteiger partial charge is 0.0365 e. The summed E-state index contributed by atoms with van der Waals surface area (Å²) in [5, 5.41) is 0. The van der Waals surface area contributed by atoms with Gasteiger partial charge in [-0.15, -0.1) is 0 Å². The van der Waals surface area contributed by atoms with E-state index in [-0.39, 0.29) is 0 Å². The number of hydrogen-bond acceptors (Lipinski definition) is 0. The second-order valence-corrected chi connectivity index (χ2v) is 6.84. The van der Waals surface area contributed by atoms with Crippen molar-refractivity contribution < 1.29 is 0 Å². The molecule has 0 spiro atoms. The van der Waals surface area contributed by atoms with Gasteiger partial charge in [-0.2, -0.15) is 0 Å². The Kier molecular flexibility index (Phi) is 9.87. The summed E-state index contributed by atoms with van der Waals surface area (Å²) < 4.78 is 0. The molecule has 0 aliphatic rings. The van der Waals surface area contributed by atoms with Gasteiger partial charge in [0.15, 0.2) is 0 Å². The van der Waals surface area contributed by atoms with Crippen molar-refractivity contribution in [1.29, 1.82) is 0 Å². The normalized spacial score (nSPS) is 18.7. The zero-order valence-corrected chi connectivity index (χ0v) is 14.1. The maximum atomic E-state index is 2.50. The van der Waals surface area contributed by atoms with Crippen LogP contribution in [0.4, 0.5) is 0 Å². The summed E-state index contributed by atoms with van der Waals surface area (Å²) >= 11 is 0. The van der Waals surface area contributed by atoms with Gasteiger partial charge in [0, 0.05) is 0 Å². The molecular weight excluding hydrogens is 216 g/mol. The maximum Gasteiger partial charge on any atom is -0.0365 e. The van der Waals surface area contributed by atoms with Crippen molar-refractivity contribution in [2.45, 2.75) is 87.0 Å². The molecule has 0 fully saturated rings. The van der Waals surface area contributed by atoms with Gasteiger partial charge in [0.2, 0.25) is 0 Å². The number of hydrogen-bond donors (Lipinski definition) is 0. The average Bonchev–Trinajstić information content (AvgIpc) is 2.31. The van der Waals surface area contributed by atoms with Crippen LogP contribution >= 0.6 is 0 Å². The first-order chi connectivity index (χ1) is 8.47. The molecule has 110 valence electrons. The summed E-state index contributed by atoms with van der Waals surface area (Å²) in [6.07, 6.45) is 8.32. The largest absolute Gasteiger partial charge is 0.0654 e. The monoisotopic (exact) mass is 254 g/mol. The fourth-order valence-corrected chi connectivity index (χ4v) is 3.82. The molecular formula is C18H38. The van der Waals surface area contributed by atoms with E-state index >= 15 is 0 Å². The Balaban J connectivity index is 4.36. The van der Waals surface area contributed by atoms with Crippen molar-refractivity contribution in [3.63, 3.8) is 0 Å². The van der Waals surface area contributed by atoms with Gasteiger partial charge in [-0.05, 0) is 36.0 Å². The first-order valence-corrected chi connectivity index (χ1v) is 8.47. The van der Waals surface area contributed by atoms with Crippen molar-refractivity contribution in [1.82, 2.24) is 0 Å². The maximum absolute atomic E-state index is 2.50. The van der Waals surface area contributed by atoms with Crippen molar-refractivity contribution >= 4 is 0 Å². The molecule has 0 N–H and O–H groups in total. The Hall–Kier alpha value is 0. The van der Waals surface area contributed by atoms with Gasteiger partial charge in [0.05, 0.1) is 0 Å². The Morgan fingerprint density at radius 2 is 1.28 bits per heavy atom. The van der Waals surface area contributed by atoms with Gasteiger partial charge < -0.3 is 0 Å². The Morgan fingerprint density at radius 1 is 0.722 bits per heavy atom. The third-order valence-corrected chi connectivity index (χ3v) is 4.94. The third-order valence-electron chi connectivity index (χ3n) is 4.94. The highest BCUT2D eigenvalue weighted by atomic mass is 14.3. The summed E-state index contributed by atoms with van der Waals surface area (Å²) in [6.45, 7) is 16.8. The van der Waals surface area contributed by atoms with Gasteiger partial charge >= 0.3 is 0 Å². The minimum atomic E-state index is 0.846. The molecule has 0 radical (unpaired) electrons. The third kappa shape index (κ3) is 6.25. The minimum absolute atomic E-state index is 0.846. The van der Waals surface area contributed by atoms with E-state index < -0.39 is 0 Å². The molecule has 0 aliphatic heterocycles. The van der Waals surface area contributed by atoms with Crippen molar-refractivity contribution in [2.24, 2.45) is 29.6 Å². The molecule has 0 saturated heterocycles. The van der Waals surface area contributed by atoms with Gasteiger partial charge in [0.25, 0.3) is 0 Å². The molecule has 0 heterocycles. The van der Waals surface area contributed by atoms with Crippen LogP contribution in [0, 0.1) is 29.6 Å². The number of rotatable bonds is 10. The predicted octanol–water partition coefficient (Wildman–Crippen LogP) is 6.55. The van der Waals surface area contributed by atoms with E-state index in [2.05, 4.69) is 48.5 Å². The lowest BCUT2D eigenvalue weighted by molar-refractivity contribution is 0.185. The Labute approximate surface area is 117 Å². The van der Waals surface area contributed by atoms with Gasteiger partial charge in [0.1, 0.15) is 0 Å². The minimum Gasteiger partial charge on any atom is -0.0654 e. The fraction of sp³-hybridized carbons (Fsp3) is 1.00. The molecule has 0 nitrogen and oxygen atoms in total. The molecule has 4 unspecified atom stereocenters. The molecule has 4 atom stereocenters. The molecule has 0 saturated carbocycles. The Morgan fingerprint density at radius 3 is 1.67 bits per heavy atom. The lowest BCUT2D eigenvalue weighted by Gasteiger charge is -2.32. The van der Waals surface area contributed by atoms with Crippen molar-refractivity contribution in [3.8, 4) is 0 Å². The molecule has 0 bridgehead atoms. The standard InChI is InChI=1S/C18H38/c1-8-11-17(10-3)15(6)13-16(7)18(12-9-2)14(4)5/h14-18H,8-13H2,1-7H3. The summed E-state index contributed by atoms with van der Waals surface area (Å²) in [6, 6.07) is 0. The lowest BCUT2D eigenvalue weighted by Crippen LogP contribution is -2.22. The molecule has 0 aromatic carbocycles. The molecule has 0 aromatic heterocycles.